The van der Waals surface area contributed by atoms with Gasteiger partial charge >= 0.3 is 5.69 Å². The van der Waals surface area contributed by atoms with E-state index in [9.17, 15) is 9.59 Å². The first-order chi connectivity index (χ1) is 10.2. The largest absolute Gasteiger partial charge is 0.334 e. The van der Waals surface area contributed by atoms with Gasteiger partial charge in [0.05, 0.1) is 0 Å². The van der Waals surface area contributed by atoms with Crippen LogP contribution in [0, 0.1) is 0 Å². The van der Waals surface area contributed by atoms with Crippen LogP contribution >= 0.6 is 0 Å². The lowest BCUT2D eigenvalue weighted by Crippen LogP contribution is -2.22. The molecule has 1 aromatic heterocycles. The molecule has 0 saturated carbocycles. The molecule has 0 bridgehead atoms. The Hall–Kier alpha value is -2.76. The van der Waals surface area contributed by atoms with Gasteiger partial charge in [-0.05, 0) is 36.0 Å². The molecule has 0 atom stereocenters. The number of H-pyrrole nitrogens is 2. The summed E-state index contributed by atoms with van der Waals surface area (Å²) >= 11 is 0. The Kier molecular flexibility index (Phi) is 2.50. The van der Waals surface area contributed by atoms with Gasteiger partial charge in [-0.25, -0.2) is 4.79 Å². The number of rotatable bonds is 0. The summed E-state index contributed by atoms with van der Waals surface area (Å²) in [6.45, 7) is 0. The van der Waals surface area contributed by atoms with Crippen LogP contribution in [0.15, 0.2) is 45.2 Å². The van der Waals surface area contributed by atoms with Crippen molar-refractivity contribution in [3.63, 3.8) is 0 Å². The van der Waals surface area contributed by atoms with E-state index in [0.29, 0.717) is 11.5 Å². The smallest absolute Gasteiger partial charge is 0.327 e. The predicted molar refractivity (Wildman–Crippen MR) is 80.4 cm³/mol. The maximum atomic E-state index is 11.8. The third kappa shape index (κ3) is 1.96. The minimum Gasteiger partial charge on any atom is -0.334 e. The van der Waals surface area contributed by atoms with Crippen LogP contribution in [0.1, 0.15) is 17.5 Å². The van der Waals surface area contributed by atoms with Crippen LogP contribution in [0.4, 0.5) is 11.5 Å². The molecular formula is C15H14N4O2. The highest BCUT2D eigenvalue weighted by atomic mass is 16.2. The molecule has 6 nitrogen and oxygen atoms in total. The number of aromatic nitrogens is 2. The Balaban J connectivity index is 1.72. The molecule has 6 heteroatoms. The summed E-state index contributed by atoms with van der Waals surface area (Å²) in [5, 5.41) is 6.19. The van der Waals surface area contributed by atoms with Gasteiger partial charge < -0.3 is 10.6 Å². The number of hydrogen-bond donors (Lipinski definition) is 4. The van der Waals surface area contributed by atoms with Crippen LogP contribution in [0.2, 0.25) is 0 Å². The molecule has 21 heavy (non-hydrogen) atoms. The number of benzene rings is 1. The fourth-order valence-corrected chi connectivity index (χ4v) is 2.95. The van der Waals surface area contributed by atoms with E-state index in [-0.39, 0.29) is 0 Å². The van der Waals surface area contributed by atoms with Crippen molar-refractivity contribution in [2.75, 3.05) is 10.6 Å². The second kappa shape index (κ2) is 4.37. The van der Waals surface area contributed by atoms with Crippen LogP contribution in [-0.4, -0.2) is 9.97 Å². The van der Waals surface area contributed by atoms with Gasteiger partial charge in [0.1, 0.15) is 17.3 Å². The third-order valence-corrected chi connectivity index (χ3v) is 4.01. The summed E-state index contributed by atoms with van der Waals surface area (Å²) in [5.41, 5.74) is 3.36. The monoisotopic (exact) mass is 282 g/mol. The molecule has 0 fully saturated rings. The van der Waals surface area contributed by atoms with E-state index in [1.54, 1.807) is 0 Å². The zero-order valence-corrected chi connectivity index (χ0v) is 11.2. The van der Waals surface area contributed by atoms with Gasteiger partial charge in [0.15, 0.2) is 0 Å². The van der Waals surface area contributed by atoms with Gasteiger partial charge in [0.25, 0.3) is 5.56 Å². The highest BCUT2D eigenvalue weighted by Gasteiger charge is 2.23. The summed E-state index contributed by atoms with van der Waals surface area (Å²) < 4.78 is 0. The van der Waals surface area contributed by atoms with Crippen LogP contribution in [0.5, 0.6) is 0 Å². The molecular weight excluding hydrogens is 268 g/mol. The van der Waals surface area contributed by atoms with E-state index < -0.39 is 11.2 Å². The Bertz CT molecular complexity index is 876. The van der Waals surface area contributed by atoms with Gasteiger partial charge in [-0.1, -0.05) is 24.3 Å². The highest BCUT2D eigenvalue weighted by molar-refractivity contribution is 5.75. The molecule has 4 N–H and O–H groups in total. The average molecular weight is 282 g/mol. The lowest BCUT2D eigenvalue weighted by Gasteiger charge is -2.20. The van der Waals surface area contributed by atoms with Crippen molar-refractivity contribution in [3.05, 3.63) is 67.6 Å². The fraction of sp³-hybridized carbons (Fsp3) is 0.200. The number of anilines is 2. The van der Waals surface area contributed by atoms with Crippen LogP contribution in [0.25, 0.3) is 0 Å². The molecule has 2 aliphatic rings. The molecule has 1 aliphatic heterocycles. The van der Waals surface area contributed by atoms with Crippen molar-refractivity contribution in [1.29, 1.82) is 0 Å². The topological polar surface area (TPSA) is 89.8 Å². The zero-order chi connectivity index (χ0) is 14.4. The minimum absolute atomic E-state index is 0.371. The van der Waals surface area contributed by atoms with Gasteiger partial charge in [0, 0.05) is 0 Å². The third-order valence-electron chi connectivity index (χ3n) is 4.01. The summed E-state index contributed by atoms with van der Waals surface area (Å²) in [6.07, 6.45) is 2.77. The fourth-order valence-electron chi connectivity index (χ4n) is 2.95. The molecule has 0 unspecified atom stereocenters. The van der Waals surface area contributed by atoms with E-state index in [0.717, 1.165) is 25.1 Å². The molecule has 0 amide bonds. The second-order valence-corrected chi connectivity index (χ2v) is 5.33. The molecule has 1 aromatic carbocycles. The van der Waals surface area contributed by atoms with Crippen molar-refractivity contribution in [1.82, 2.24) is 9.97 Å². The summed E-state index contributed by atoms with van der Waals surface area (Å²) in [5.74, 6) is 1.25. The first-order valence-corrected chi connectivity index (χ1v) is 6.90. The van der Waals surface area contributed by atoms with Crippen molar-refractivity contribution in [2.45, 2.75) is 19.3 Å². The number of fused-ring (bicyclic) bond motifs is 2. The SMILES string of the molecule is O=c1[nH]c2c(c(=O)[nH]1)NC(=C1CCc3ccccc3C1)N2. The van der Waals surface area contributed by atoms with Crippen LogP contribution < -0.4 is 21.9 Å². The predicted octanol–water partition coefficient (Wildman–Crippen LogP) is 1.30. The normalized spacial score (nSPS) is 19.4. The molecule has 2 aromatic rings. The summed E-state index contributed by atoms with van der Waals surface area (Å²) in [4.78, 5) is 27.9. The number of hydrogen-bond acceptors (Lipinski definition) is 4. The Morgan fingerprint density at radius 1 is 0.905 bits per heavy atom. The minimum atomic E-state index is -0.506. The molecule has 106 valence electrons. The van der Waals surface area contributed by atoms with E-state index in [1.807, 2.05) is 6.07 Å². The van der Waals surface area contributed by atoms with Crippen molar-refractivity contribution < 1.29 is 0 Å². The number of aryl methyl sites for hydroxylation is 1. The lowest BCUT2D eigenvalue weighted by molar-refractivity contribution is 0.824. The van der Waals surface area contributed by atoms with Crippen molar-refractivity contribution >= 4 is 11.5 Å². The van der Waals surface area contributed by atoms with Crippen LogP contribution in [-0.2, 0) is 12.8 Å². The first-order valence-electron chi connectivity index (χ1n) is 6.90. The lowest BCUT2D eigenvalue weighted by atomic mass is 9.88. The maximum Gasteiger partial charge on any atom is 0.327 e. The molecule has 0 radical (unpaired) electrons. The highest BCUT2D eigenvalue weighted by Crippen LogP contribution is 2.31. The van der Waals surface area contributed by atoms with Gasteiger partial charge in [-0.3, -0.25) is 14.8 Å². The van der Waals surface area contributed by atoms with Crippen LogP contribution in [0.3, 0.4) is 0 Å². The Morgan fingerprint density at radius 3 is 2.57 bits per heavy atom. The first kappa shape index (κ1) is 12.0. The Labute approximate surface area is 119 Å². The number of nitrogens with one attached hydrogen (secondary N) is 4. The number of allylic oxidation sites excluding steroid dienone is 1. The molecule has 0 spiro atoms. The van der Waals surface area contributed by atoms with E-state index >= 15 is 0 Å². The van der Waals surface area contributed by atoms with Gasteiger partial charge in [0.2, 0.25) is 0 Å². The second-order valence-electron chi connectivity index (χ2n) is 5.33. The maximum absolute atomic E-state index is 11.8. The molecule has 2 heterocycles. The molecule has 4 rings (SSSR count). The van der Waals surface area contributed by atoms with E-state index in [4.69, 9.17) is 0 Å². The van der Waals surface area contributed by atoms with Crippen molar-refractivity contribution in [3.8, 4) is 0 Å². The standard InChI is InChI=1S/C15H14N4O2/c20-14-11-13(18-15(21)19-14)17-12(16-11)10-6-5-8-3-1-2-4-9(8)7-10/h1-4,16H,5-7H2,(H3,17,18,19,20,21). The molecule has 1 aliphatic carbocycles. The zero-order valence-electron chi connectivity index (χ0n) is 11.2. The summed E-state index contributed by atoms with van der Waals surface area (Å²) in [7, 11) is 0. The summed E-state index contributed by atoms with van der Waals surface area (Å²) in [6, 6.07) is 8.39. The molecule has 0 saturated heterocycles. The number of aromatic amines is 2. The average Bonchev–Trinajstić information content (AvgIpc) is 2.91. The van der Waals surface area contributed by atoms with Gasteiger partial charge in [-0.15, -0.1) is 0 Å². The van der Waals surface area contributed by atoms with Crippen molar-refractivity contribution in [2.24, 2.45) is 0 Å². The Morgan fingerprint density at radius 2 is 1.71 bits per heavy atom. The van der Waals surface area contributed by atoms with E-state index in [2.05, 4.69) is 38.8 Å². The van der Waals surface area contributed by atoms with Gasteiger partial charge in [-0.2, -0.15) is 0 Å². The quantitative estimate of drug-likeness (QED) is 0.586. The van der Waals surface area contributed by atoms with E-state index in [1.165, 1.54) is 16.7 Å².